The molecule has 0 aliphatic carbocycles. The maximum Gasteiger partial charge on any atom is 0.333 e. The number of pyridine rings is 1. The van der Waals surface area contributed by atoms with Crippen LogP contribution in [-0.4, -0.2) is 34.7 Å². The number of aryl methyl sites for hydroxylation is 1. The van der Waals surface area contributed by atoms with Gasteiger partial charge in [-0.25, -0.2) is 4.79 Å². The van der Waals surface area contributed by atoms with Gasteiger partial charge in [-0.3, -0.25) is 14.1 Å². The Labute approximate surface area is 216 Å². The molecule has 3 heterocycles. The summed E-state index contributed by atoms with van der Waals surface area (Å²) in [5.74, 6) is 0.500. The second-order valence-electron chi connectivity index (χ2n) is 10.2. The lowest BCUT2D eigenvalue weighted by Gasteiger charge is -2.22. The van der Waals surface area contributed by atoms with Crippen LogP contribution in [0.5, 0.6) is 0 Å². The number of para-hydroxylation sites is 1. The second-order valence-corrected chi connectivity index (χ2v) is 10.2. The van der Waals surface area contributed by atoms with Gasteiger partial charge in [-0.1, -0.05) is 76.6 Å². The third-order valence-corrected chi connectivity index (χ3v) is 6.55. The molecule has 37 heavy (non-hydrogen) atoms. The van der Waals surface area contributed by atoms with Gasteiger partial charge in [-0.2, -0.15) is 5.21 Å². The molecular formula is C29H31N7O. The molecule has 0 amide bonds. The third-order valence-electron chi connectivity index (χ3n) is 6.55. The first kappa shape index (κ1) is 24.4. The van der Waals surface area contributed by atoms with E-state index in [4.69, 9.17) is 0 Å². The van der Waals surface area contributed by atoms with Crippen LogP contribution in [0.2, 0.25) is 0 Å². The van der Waals surface area contributed by atoms with Gasteiger partial charge < -0.3 is 0 Å². The molecule has 0 saturated heterocycles. The van der Waals surface area contributed by atoms with E-state index >= 15 is 0 Å². The van der Waals surface area contributed by atoms with Gasteiger partial charge in [0.1, 0.15) is 0 Å². The molecule has 188 valence electrons. The monoisotopic (exact) mass is 493 g/mol. The van der Waals surface area contributed by atoms with Gasteiger partial charge in [-0.05, 0) is 51.4 Å². The number of H-pyrrole nitrogens is 1. The van der Waals surface area contributed by atoms with E-state index in [1.807, 2.05) is 39.6 Å². The summed E-state index contributed by atoms with van der Waals surface area (Å²) in [5, 5.41) is 14.4. The molecule has 0 atom stereocenters. The Balaban J connectivity index is 1.50. The normalized spacial score (nSPS) is 11.7. The predicted octanol–water partition coefficient (Wildman–Crippen LogP) is 5.18. The minimum atomic E-state index is -0.0772. The number of aromatic amines is 1. The van der Waals surface area contributed by atoms with Gasteiger partial charge in [0.2, 0.25) is 5.82 Å². The van der Waals surface area contributed by atoms with Gasteiger partial charge >= 0.3 is 5.69 Å². The SMILES string of the molecule is CCCc1cn(-c2ccccc2C(C)(C)C)c(=O)n1Cc1ccc(-c2ccncc2-c2nn[nH]n2)cc1. The molecule has 0 saturated carbocycles. The van der Waals surface area contributed by atoms with Crippen molar-refractivity contribution in [2.75, 3.05) is 0 Å². The highest BCUT2D eigenvalue weighted by molar-refractivity contribution is 5.79. The molecule has 0 radical (unpaired) electrons. The van der Waals surface area contributed by atoms with Crippen molar-refractivity contribution in [2.45, 2.75) is 52.5 Å². The Kier molecular flexibility index (Phi) is 6.56. The van der Waals surface area contributed by atoms with Crippen LogP contribution in [0.15, 0.2) is 78.0 Å². The van der Waals surface area contributed by atoms with Crippen molar-refractivity contribution >= 4 is 0 Å². The zero-order valence-electron chi connectivity index (χ0n) is 21.6. The Bertz CT molecular complexity index is 1560. The topological polar surface area (TPSA) is 94.3 Å². The minimum absolute atomic E-state index is 0.0160. The molecule has 2 aromatic carbocycles. The number of rotatable bonds is 7. The van der Waals surface area contributed by atoms with Gasteiger partial charge in [0, 0.05) is 29.8 Å². The number of hydrogen-bond acceptors (Lipinski definition) is 5. The highest BCUT2D eigenvalue weighted by Gasteiger charge is 2.21. The fourth-order valence-corrected chi connectivity index (χ4v) is 4.71. The van der Waals surface area contributed by atoms with Crippen molar-refractivity contribution in [1.29, 1.82) is 0 Å². The van der Waals surface area contributed by atoms with Crippen molar-refractivity contribution in [3.05, 3.63) is 100 Å². The van der Waals surface area contributed by atoms with E-state index in [0.717, 1.165) is 52.0 Å². The molecule has 0 aliphatic heterocycles. The van der Waals surface area contributed by atoms with Crippen molar-refractivity contribution in [1.82, 2.24) is 34.7 Å². The first-order valence-electron chi connectivity index (χ1n) is 12.5. The summed E-state index contributed by atoms with van der Waals surface area (Å²) in [6.07, 6.45) is 7.30. The molecule has 8 nitrogen and oxygen atoms in total. The molecule has 0 aliphatic rings. The lowest BCUT2D eigenvalue weighted by atomic mass is 9.86. The zero-order chi connectivity index (χ0) is 26.0. The largest absolute Gasteiger partial charge is 0.333 e. The fraction of sp³-hybridized carbons (Fsp3) is 0.276. The molecule has 0 unspecified atom stereocenters. The Morgan fingerprint density at radius 1 is 0.973 bits per heavy atom. The summed E-state index contributed by atoms with van der Waals surface area (Å²) in [6, 6.07) is 18.4. The molecule has 5 rings (SSSR count). The first-order valence-corrected chi connectivity index (χ1v) is 12.5. The summed E-state index contributed by atoms with van der Waals surface area (Å²) >= 11 is 0. The van der Waals surface area contributed by atoms with Crippen LogP contribution in [-0.2, 0) is 18.4 Å². The maximum absolute atomic E-state index is 13.7. The summed E-state index contributed by atoms with van der Waals surface area (Å²) in [6.45, 7) is 9.17. The van der Waals surface area contributed by atoms with E-state index in [-0.39, 0.29) is 11.1 Å². The molecular weight excluding hydrogens is 462 g/mol. The fourth-order valence-electron chi connectivity index (χ4n) is 4.71. The molecule has 1 N–H and O–H groups in total. The van der Waals surface area contributed by atoms with Crippen LogP contribution in [0.25, 0.3) is 28.2 Å². The Morgan fingerprint density at radius 3 is 2.46 bits per heavy atom. The lowest BCUT2D eigenvalue weighted by molar-refractivity contribution is 0.584. The zero-order valence-corrected chi connectivity index (χ0v) is 21.6. The van der Waals surface area contributed by atoms with E-state index in [1.54, 1.807) is 12.4 Å². The Morgan fingerprint density at radius 2 is 1.76 bits per heavy atom. The average molecular weight is 494 g/mol. The number of aromatic nitrogens is 7. The van der Waals surface area contributed by atoms with Gasteiger partial charge in [0.05, 0.1) is 12.2 Å². The van der Waals surface area contributed by atoms with Gasteiger partial charge in [0.15, 0.2) is 0 Å². The van der Waals surface area contributed by atoms with E-state index in [9.17, 15) is 4.79 Å². The number of benzene rings is 2. The van der Waals surface area contributed by atoms with Crippen molar-refractivity contribution in [3.8, 4) is 28.2 Å². The van der Waals surface area contributed by atoms with Crippen LogP contribution < -0.4 is 5.69 Å². The average Bonchev–Trinajstić information content (AvgIpc) is 3.54. The first-order chi connectivity index (χ1) is 17.9. The van der Waals surface area contributed by atoms with E-state index < -0.39 is 0 Å². The van der Waals surface area contributed by atoms with Crippen LogP contribution in [0.3, 0.4) is 0 Å². The molecule has 0 bridgehead atoms. The van der Waals surface area contributed by atoms with Crippen LogP contribution in [0, 0.1) is 0 Å². The minimum Gasteiger partial charge on any atom is -0.292 e. The standard InChI is InChI=1S/C29H31N7O/c1-5-8-22-19-36(26-10-7-6-9-25(26)29(2,3)4)28(37)35(22)18-20-11-13-21(14-12-20)23-15-16-30-17-24(23)27-31-33-34-32-27/h6-7,9-17,19H,5,8,18H2,1-4H3,(H,31,32,33,34). The smallest absolute Gasteiger partial charge is 0.292 e. The third kappa shape index (κ3) is 4.87. The number of hydrogen-bond donors (Lipinski definition) is 1. The lowest BCUT2D eigenvalue weighted by Crippen LogP contribution is -2.26. The summed E-state index contributed by atoms with van der Waals surface area (Å²) < 4.78 is 3.71. The molecule has 0 fully saturated rings. The highest BCUT2D eigenvalue weighted by Crippen LogP contribution is 2.30. The summed E-state index contributed by atoms with van der Waals surface area (Å²) in [5.41, 5.74) is 6.88. The van der Waals surface area contributed by atoms with Crippen molar-refractivity contribution < 1.29 is 0 Å². The molecule has 5 aromatic rings. The number of nitrogens with one attached hydrogen (secondary N) is 1. The van der Waals surface area contributed by atoms with E-state index in [2.05, 4.69) is 83.6 Å². The van der Waals surface area contributed by atoms with E-state index in [1.165, 1.54) is 0 Å². The Hall–Kier alpha value is -4.33. The quantitative estimate of drug-likeness (QED) is 0.337. The molecule has 3 aromatic heterocycles. The highest BCUT2D eigenvalue weighted by atomic mass is 16.1. The van der Waals surface area contributed by atoms with Crippen LogP contribution in [0.1, 0.15) is 50.9 Å². The van der Waals surface area contributed by atoms with Gasteiger partial charge in [-0.15, -0.1) is 10.2 Å². The van der Waals surface area contributed by atoms with Crippen LogP contribution in [0.4, 0.5) is 0 Å². The predicted molar refractivity (Wildman–Crippen MR) is 145 cm³/mol. The number of imidazole rings is 1. The maximum atomic E-state index is 13.7. The summed E-state index contributed by atoms with van der Waals surface area (Å²) in [4.78, 5) is 17.9. The van der Waals surface area contributed by atoms with E-state index in [0.29, 0.717) is 12.4 Å². The second kappa shape index (κ2) is 9.97. The summed E-state index contributed by atoms with van der Waals surface area (Å²) in [7, 11) is 0. The van der Waals surface area contributed by atoms with Crippen molar-refractivity contribution in [3.63, 3.8) is 0 Å². The van der Waals surface area contributed by atoms with Crippen LogP contribution >= 0.6 is 0 Å². The van der Waals surface area contributed by atoms with Gasteiger partial charge in [0.25, 0.3) is 0 Å². The van der Waals surface area contributed by atoms with Crippen molar-refractivity contribution in [2.24, 2.45) is 0 Å². The number of nitrogens with zero attached hydrogens (tertiary/aromatic N) is 6. The molecule has 8 heteroatoms. The number of tetrazole rings is 1. The molecule has 0 spiro atoms.